The van der Waals surface area contributed by atoms with Crippen molar-refractivity contribution in [3.8, 4) is 0 Å². The summed E-state index contributed by atoms with van der Waals surface area (Å²) in [4.78, 5) is 22.5. The lowest BCUT2D eigenvalue weighted by molar-refractivity contribution is 0.0941. The van der Waals surface area contributed by atoms with Crippen LogP contribution in [0.25, 0.3) is 10.9 Å². The standard InChI is InChI=1S/C18H19N3OS/c1-11-4-5-17-15(6-11)16(8-13(3)20-17)18(22)21-12(2)7-14-9-19-10-23-14/h4-6,8-10,12H,7H2,1-3H3,(H,21,22)/t12-/m0/s1. The van der Waals surface area contributed by atoms with Crippen molar-refractivity contribution < 1.29 is 4.79 Å². The molecular weight excluding hydrogens is 306 g/mol. The smallest absolute Gasteiger partial charge is 0.252 e. The van der Waals surface area contributed by atoms with Crippen LogP contribution in [-0.4, -0.2) is 21.9 Å². The number of hydrogen-bond acceptors (Lipinski definition) is 4. The van der Waals surface area contributed by atoms with Gasteiger partial charge in [0.05, 0.1) is 16.6 Å². The van der Waals surface area contributed by atoms with E-state index in [0.29, 0.717) is 5.56 Å². The maximum absolute atomic E-state index is 12.7. The van der Waals surface area contributed by atoms with Gasteiger partial charge in [-0.2, -0.15) is 0 Å². The summed E-state index contributed by atoms with van der Waals surface area (Å²) >= 11 is 1.61. The van der Waals surface area contributed by atoms with Gasteiger partial charge in [-0.1, -0.05) is 11.6 Å². The molecule has 1 amide bonds. The highest BCUT2D eigenvalue weighted by Crippen LogP contribution is 2.20. The number of pyridine rings is 1. The summed E-state index contributed by atoms with van der Waals surface area (Å²) in [6, 6.07) is 7.91. The fourth-order valence-corrected chi connectivity index (χ4v) is 3.38. The van der Waals surface area contributed by atoms with E-state index >= 15 is 0 Å². The number of nitrogens with one attached hydrogen (secondary N) is 1. The summed E-state index contributed by atoms with van der Waals surface area (Å²) in [7, 11) is 0. The molecule has 0 aliphatic carbocycles. The highest BCUT2D eigenvalue weighted by Gasteiger charge is 2.15. The molecule has 1 N–H and O–H groups in total. The van der Waals surface area contributed by atoms with Gasteiger partial charge >= 0.3 is 0 Å². The molecule has 0 bridgehead atoms. The molecule has 4 nitrogen and oxygen atoms in total. The predicted molar refractivity (Wildman–Crippen MR) is 94.0 cm³/mol. The normalized spacial score (nSPS) is 12.3. The van der Waals surface area contributed by atoms with Crippen molar-refractivity contribution in [3.05, 3.63) is 57.7 Å². The van der Waals surface area contributed by atoms with E-state index in [4.69, 9.17) is 0 Å². The van der Waals surface area contributed by atoms with Crippen LogP contribution < -0.4 is 5.32 Å². The summed E-state index contributed by atoms with van der Waals surface area (Å²) in [6.07, 6.45) is 2.64. The Morgan fingerprint density at radius 1 is 1.30 bits per heavy atom. The molecule has 3 aromatic rings. The highest BCUT2D eigenvalue weighted by atomic mass is 32.1. The summed E-state index contributed by atoms with van der Waals surface area (Å²) in [6.45, 7) is 5.95. The van der Waals surface area contributed by atoms with E-state index in [1.165, 1.54) is 4.88 Å². The number of aromatic nitrogens is 2. The number of thiazole rings is 1. The van der Waals surface area contributed by atoms with Gasteiger partial charge < -0.3 is 5.32 Å². The second-order valence-electron chi connectivity index (χ2n) is 5.88. The number of fused-ring (bicyclic) bond motifs is 1. The Hall–Kier alpha value is -2.27. The fourth-order valence-electron chi connectivity index (χ4n) is 2.66. The third kappa shape index (κ3) is 3.56. The second-order valence-corrected chi connectivity index (χ2v) is 6.85. The van der Waals surface area contributed by atoms with E-state index in [2.05, 4.69) is 15.3 Å². The van der Waals surface area contributed by atoms with Crippen LogP contribution >= 0.6 is 11.3 Å². The van der Waals surface area contributed by atoms with Gasteiger partial charge in [0.2, 0.25) is 0 Å². The Labute approximate surface area is 139 Å². The Morgan fingerprint density at radius 3 is 2.87 bits per heavy atom. The lowest BCUT2D eigenvalue weighted by Gasteiger charge is -2.14. The molecule has 1 atom stereocenters. The molecule has 0 radical (unpaired) electrons. The van der Waals surface area contributed by atoms with Crippen LogP contribution in [0.3, 0.4) is 0 Å². The minimum absolute atomic E-state index is 0.0521. The highest BCUT2D eigenvalue weighted by molar-refractivity contribution is 7.09. The zero-order chi connectivity index (χ0) is 16.4. The summed E-state index contributed by atoms with van der Waals surface area (Å²) < 4.78 is 0. The molecule has 0 aliphatic rings. The fraction of sp³-hybridized carbons (Fsp3) is 0.278. The average Bonchev–Trinajstić information content (AvgIpc) is 2.99. The second kappa shape index (κ2) is 6.46. The van der Waals surface area contributed by atoms with Gasteiger partial charge in [-0.05, 0) is 39.0 Å². The Kier molecular flexibility index (Phi) is 4.39. The van der Waals surface area contributed by atoms with Gasteiger partial charge in [0.15, 0.2) is 0 Å². The molecule has 5 heteroatoms. The molecule has 23 heavy (non-hydrogen) atoms. The molecule has 0 spiro atoms. The monoisotopic (exact) mass is 325 g/mol. The van der Waals surface area contributed by atoms with Gasteiger partial charge in [-0.3, -0.25) is 14.8 Å². The number of benzene rings is 1. The average molecular weight is 325 g/mol. The van der Waals surface area contributed by atoms with E-state index in [-0.39, 0.29) is 11.9 Å². The third-order valence-electron chi connectivity index (χ3n) is 3.71. The number of carbonyl (C=O) groups is 1. The first-order chi connectivity index (χ1) is 11.0. The van der Waals surface area contributed by atoms with Crippen molar-refractivity contribution in [2.24, 2.45) is 0 Å². The van der Waals surface area contributed by atoms with Crippen LogP contribution in [-0.2, 0) is 6.42 Å². The van der Waals surface area contributed by atoms with E-state index in [1.807, 2.05) is 56.7 Å². The van der Waals surface area contributed by atoms with Crippen LogP contribution in [0.1, 0.15) is 33.4 Å². The lowest BCUT2D eigenvalue weighted by atomic mass is 10.0. The van der Waals surface area contributed by atoms with Gasteiger partial charge in [-0.15, -0.1) is 11.3 Å². The lowest BCUT2D eigenvalue weighted by Crippen LogP contribution is -2.34. The number of nitrogens with zero attached hydrogens (tertiary/aromatic N) is 2. The maximum Gasteiger partial charge on any atom is 0.252 e. The first kappa shape index (κ1) is 15.6. The molecule has 1 aromatic carbocycles. The first-order valence-electron chi connectivity index (χ1n) is 7.59. The van der Waals surface area contributed by atoms with Crippen LogP contribution in [0.15, 0.2) is 36.0 Å². The molecular formula is C18H19N3OS. The Balaban J connectivity index is 1.86. The topological polar surface area (TPSA) is 54.9 Å². The third-order valence-corrected chi connectivity index (χ3v) is 4.51. The largest absolute Gasteiger partial charge is 0.349 e. The predicted octanol–water partition coefficient (Wildman–Crippen LogP) is 3.67. The van der Waals surface area contributed by atoms with Crippen molar-refractivity contribution >= 4 is 28.1 Å². The molecule has 0 unspecified atom stereocenters. The quantitative estimate of drug-likeness (QED) is 0.796. The molecule has 2 heterocycles. The van der Waals surface area contributed by atoms with E-state index in [0.717, 1.165) is 28.6 Å². The van der Waals surface area contributed by atoms with Crippen molar-refractivity contribution in [1.82, 2.24) is 15.3 Å². The zero-order valence-corrected chi connectivity index (χ0v) is 14.3. The molecule has 0 fully saturated rings. The number of carbonyl (C=O) groups excluding carboxylic acids is 1. The van der Waals surface area contributed by atoms with Gasteiger partial charge in [0, 0.05) is 34.6 Å². The Bertz CT molecular complexity index is 843. The molecule has 0 saturated heterocycles. The summed E-state index contributed by atoms with van der Waals surface area (Å²) in [5, 5.41) is 3.99. The van der Waals surface area contributed by atoms with E-state index in [9.17, 15) is 4.79 Å². The number of aryl methyl sites for hydroxylation is 2. The van der Waals surface area contributed by atoms with E-state index in [1.54, 1.807) is 11.3 Å². The van der Waals surface area contributed by atoms with Crippen LogP contribution in [0, 0.1) is 13.8 Å². The number of amides is 1. The van der Waals surface area contributed by atoms with Crippen molar-refractivity contribution in [2.75, 3.05) is 0 Å². The minimum Gasteiger partial charge on any atom is -0.349 e. The van der Waals surface area contributed by atoms with Gasteiger partial charge in [0.1, 0.15) is 0 Å². The molecule has 118 valence electrons. The molecule has 0 aliphatic heterocycles. The SMILES string of the molecule is Cc1ccc2nc(C)cc(C(=O)N[C@@H](C)Cc3cncs3)c2c1. The minimum atomic E-state index is -0.0527. The van der Waals surface area contributed by atoms with Gasteiger partial charge in [-0.25, -0.2) is 0 Å². The van der Waals surface area contributed by atoms with Crippen molar-refractivity contribution in [2.45, 2.75) is 33.2 Å². The van der Waals surface area contributed by atoms with Crippen LogP contribution in [0.2, 0.25) is 0 Å². The Morgan fingerprint density at radius 2 is 2.13 bits per heavy atom. The molecule has 0 saturated carbocycles. The van der Waals surface area contributed by atoms with Crippen molar-refractivity contribution in [1.29, 1.82) is 0 Å². The van der Waals surface area contributed by atoms with Crippen LogP contribution in [0.4, 0.5) is 0 Å². The number of hydrogen-bond donors (Lipinski definition) is 1. The molecule has 3 rings (SSSR count). The van der Waals surface area contributed by atoms with E-state index < -0.39 is 0 Å². The van der Waals surface area contributed by atoms with Crippen molar-refractivity contribution in [3.63, 3.8) is 0 Å². The summed E-state index contributed by atoms with van der Waals surface area (Å²) in [5.41, 5.74) is 5.33. The zero-order valence-electron chi connectivity index (χ0n) is 13.5. The van der Waals surface area contributed by atoms with Crippen LogP contribution in [0.5, 0.6) is 0 Å². The maximum atomic E-state index is 12.7. The van der Waals surface area contributed by atoms with Gasteiger partial charge in [0.25, 0.3) is 5.91 Å². The molecule has 2 aromatic heterocycles. The number of rotatable bonds is 4. The first-order valence-corrected chi connectivity index (χ1v) is 8.47. The summed E-state index contributed by atoms with van der Waals surface area (Å²) in [5.74, 6) is -0.0527.